The third kappa shape index (κ3) is 3.64. The van der Waals surface area contributed by atoms with E-state index < -0.39 is 12.0 Å². The Kier molecular flexibility index (Phi) is 5.74. The molecule has 2 aliphatic carbocycles. The van der Waals surface area contributed by atoms with Crippen LogP contribution in [0.1, 0.15) is 40.0 Å². The lowest BCUT2D eigenvalue weighted by atomic mass is 9.69. The monoisotopic (exact) mass is 427 g/mol. The van der Waals surface area contributed by atoms with Crippen molar-refractivity contribution in [3.05, 3.63) is 28.2 Å². The van der Waals surface area contributed by atoms with Crippen molar-refractivity contribution >= 4 is 40.9 Å². The molecule has 2 saturated carbocycles. The van der Waals surface area contributed by atoms with E-state index in [1.165, 1.54) is 6.42 Å². The van der Waals surface area contributed by atoms with E-state index in [0.29, 0.717) is 21.7 Å². The van der Waals surface area contributed by atoms with Crippen LogP contribution in [0, 0.1) is 16.7 Å². The topological polar surface area (TPSA) is 90.5 Å². The van der Waals surface area contributed by atoms with E-state index >= 15 is 0 Å². The molecule has 0 heterocycles. The molecule has 3 rings (SSSR count). The first-order valence-corrected chi connectivity index (χ1v) is 10.3. The molecule has 2 fully saturated rings. The van der Waals surface area contributed by atoms with Crippen LogP contribution in [0.3, 0.4) is 0 Å². The summed E-state index contributed by atoms with van der Waals surface area (Å²) in [6, 6.07) is 3.59. The van der Waals surface area contributed by atoms with Crippen LogP contribution in [0.25, 0.3) is 0 Å². The van der Waals surface area contributed by atoms with Gasteiger partial charge in [-0.05, 0) is 48.1 Å². The van der Waals surface area contributed by atoms with Crippen LogP contribution in [0.15, 0.2) is 18.2 Å². The highest BCUT2D eigenvalue weighted by Gasteiger charge is 2.61. The van der Waals surface area contributed by atoms with Crippen molar-refractivity contribution in [1.82, 2.24) is 10.6 Å². The average molecular weight is 428 g/mol. The van der Waals surface area contributed by atoms with Gasteiger partial charge in [-0.3, -0.25) is 0 Å². The summed E-state index contributed by atoms with van der Waals surface area (Å²) in [6.07, 6.45) is 3.26. The molecule has 28 heavy (non-hydrogen) atoms. The molecule has 1 aromatic carbocycles. The van der Waals surface area contributed by atoms with Crippen molar-refractivity contribution in [3.8, 4) is 0 Å². The van der Waals surface area contributed by atoms with Gasteiger partial charge in [-0.2, -0.15) is 0 Å². The number of fused-ring (bicyclic) bond motifs is 2. The van der Waals surface area contributed by atoms with Gasteiger partial charge in [0.2, 0.25) is 0 Å². The lowest BCUT2D eigenvalue weighted by Crippen LogP contribution is -2.52. The van der Waals surface area contributed by atoms with Crippen molar-refractivity contribution in [1.29, 1.82) is 0 Å². The zero-order chi connectivity index (χ0) is 20.7. The van der Waals surface area contributed by atoms with Crippen LogP contribution >= 0.6 is 23.2 Å². The van der Waals surface area contributed by atoms with E-state index in [4.69, 9.17) is 23.2 Å². The maximum atomic E-state index is 12.4. The minimum atomic E-state index is -1.11. The van der Waals surface area contributed by atoms with Crippen LogP contribution < -0.4 is 16.0 Å². The van der Waals surface area contributed by atoms with Gasteiger partial charge in [0.25, 0.3) is 0 Å². The van der Waals surface area contributed by atoms with E-state index in [-0.39, 0.29) is 29.4 Å². The summed E-state index contributed by atoms with van der Waals surface area (Å²) in [5.41, 5.74) is 0.587. The number of carboxylic acid groups (broad SMARTS) is 1. The first kappa shape index (κ1) is 21.1. The molecule has 0 radical (unpaired) electrons. The van der Waals surface area contributed by atoms with E-state index in [2.05, 4.69) is 36.7 Å². The average Bonchev–Trinajstić information content (AvgIpc) is 2.94. The van der Waals surface area contributed by atoms with Crippen molar-refractivity contribution < 1.29 is 14.7 Å². The standard InChI is InChI=1S/C20H27Cl2N3O3/c1-19(2)11-7-8-20(19,3)15(9-11)25-18(28)23-10-14(17(26)27)24-16-12(21)5-4-6-13(16)22/h4-6,11,14-15,24H,7-10H2,1-3H3,(H,26,27)(H2,23,25,28)/t11?,14-,15?,20?/m0/s1. The third-order valence-electron chi connectivity index (χ3n) is 7.15. The van der Waals surface area contributed by atoms with Crippen molar-refractivity contribution in [3.63, 3.8) is 0 Å². The van der Waals surface area contributed by atoms with Gasteiger partial charge in [0.05, 0.1) is 22.3 Å². The first-order valence-electron chi connectivity index (χ1n) is 9.54. The lowest BCUT2D eigenvalue weighted by Gasteiger charge is -2.39. The second kappa shape index (κ2) is 7.64. The predicted octanol–water partition coefficient (Wildman–Crippen LogP) is 4.37. The number of urea groups is 1. The molecule has 4 atom stereocenters. The Balaban J connectivity index is 1.59. The van der Waals surface area contributed by atoms with Gasteiger partial charge in [0.15, 0.2) is 0 Å². The number of anilines is 1. The summed E-state index contributed by atoms with van der Waals surface area (Å²) in [4.78, 5) is 24.1. The fourth-order valence-electron chi connectivity index (χ4n) is 4.84. The fourth-order valence-corrected chi connectivity index (χ4v) is 5.34. The minimum absolute atomic E-state index is 0.0601. The summed E-state index contributed by atoms with van der Waals surface area (Å²) in [6.45, 7) is 6.70. The molecule has 2 aliphatic rings. The Morgan fingerprint density at radius 3 is 2.39 bits per heavy atom. The molecule has 0 spiro atoms. The summed E-state index contributed by atoms with van der Waals surface area (Å²) in [7, 11) is 0. The first-order chi connectivity index (χ1) is 13.1. The van der Waals surface area contributed by atoms with Crippen LogP contribution in [-0.4, -0.2) is 35.7 Å². The van der Waals surface area contributed by atoms with E-state index in [1.54, 1.807) is 18.2 Å². The second-order valence-electron chi connectivity index (χ2n) is 8.65. The molecule has 3 unspecified atom stereocenters. The fraction of sp³-hybridized carbons (Fsp3) is 0.600. The number of carboxylic acids is 1. The Hall–Kier alpha value is -1.66. The van der Waals surface area contributed by atoms with Crippen molar-refractivity contribution in [2.24, 2.45) is 16.7 Å². The number of rotatable bonds is 6. The molecule has 2 amide bonds. The highest BCUT2D eigenvalue weighted by Crippen LogP contribution is 2.65. The van der Waals surface area contributed by atoms with Crippen LogP contribution in [0.5, 0.6) is 0 Å². The number of hydrogen-bond acceptors (Lipinski definition) is 3. The minimum Gasteiger partial charge on any atom is -0.480 e. The highest BCUT2D eigenvalue weighted by molar-refractivity contribution is 6.39. The molecule has 0 aromatic heterocycles. The maximum Gasteiger partial charge on any atom is 0.327 e. The molecule has 6 nitrogen and oxygen atoms in total. The molecule has 2 bridgehead atoms. The number of amides is 2. The molecule has 8 heteroatoms. The Labute approximate surface area is 175 Å². The molecular weight excluding hydrogens is 401 g/mol. The summed E-state index contributed by atoms with van der Waals surface area (Å²) >= 11 is 12.2. The van der Waals surface area contributed by atoms with Gasteiger partial charge in [0.1, 0.15) is 6.04 Å². The summed E-state index contributed by atoms with van der Waals surface area (Å²) in [5, 5.41) is 18.7. The quantitative estimate of drug-likeness (QED) is 0.542. The van der Waals surface area contributed by atoms with Crippen molar-refractivity contribution in [2.75, 3.05) is 11.9 Å². The number of nitrogens with one attached hydrogen (secondary N) is 3. The normalized spacial score (nSPS) is 28.6. The maximum absolute atomic E-state index is 12.4. The number of carbonyl (C=O) groups is 2. The molecule has 4 N–H and O–H groups in total. The summed E-state index contributed by atoms with van der Waals surface area (Å²) < 4.78 is 0. The predicted molar refractivity (Wildman–Crippen MR) is 111 cm³/mol. The summed E-state index contributed by atoms with van der Waals surface area (Å²) in [5.74, 6) is -0.497. The van der Waals surface area contributed by atoms with E-state index in [9.17, 15) is 14.7 Å². The van der Waals surface area contributed by atoms with Gasteiger partial charge >= 0.3 is 12.0 Å². The molecule has 1 aromatic rings. The smallest absolute Gasteiger partial charge is 0.327 e. The number of benzene rings is 1. The molecule has 0 aliphatic heterocycles. The van der Waals surface area contributed by atoms with Crippen LogP contribution in [0.4, 0.5) is 10.5 Å². The number of hydrogen-bond donors (Lipinski definition) is 4. The highest BCUT2D eigenvalue weighted by atomic mass is 35.5. The number of para-hydroxylation sites is 1. The zero-order valence-electron chi connectivity index (χ0n) is 16.3. The molecular formula is C20H27Cl2N3O3. The lowest BCUT2D eigenvalue weighted by molar-refractivity contribution is -0.137. The van der Waals surface area contributed by atoms with Gasteiger partial charge in [-0.15, -0.1) is 0 Å². The Morgan fingerprint density at radius 1 is 1.25 bits per heavy atom. The van der Waals surface area contributed by atoms with Crippen LogP contribution in [-0.2, 0) is 4.79 Å². The Morgan fingerprint density at radius 2 is 1.89 bits per heavy atom. The third-order valence-corrected chi connectivity index (χ3v) is 7.78. The second-order valence-corrected chi connectivity index (χ2v) is 9.46. The number of halogens is 2. The van der Waals surface area contributed by atoms with E-state index in [0.717, 1.165) is 12.8 Å². The van der Waals surface area contributed by atoms with Crippen LogP contribution in [0.2, 0.25) is 10.0 Å². The number of aliphatic carboxylic acids is 1. The number of carbonyl (C=O) groups excluding carboxylic acids is 1. The Bertz CT molecular complexity index is 766. The molecule has 154 valence electrons. The SMILES string of the molecule is CC1(C)C2CCC1(C)C(NC(=O)NC[C@H](Nc1c(Cl)cccc1Cl)C(=O)O)C2. The zero-order valence-corrected chi connectivity index (χ0v) is 17.8. The molecule has 0 saturated heterocycles. The largest absolute Gasteiger partial charge is 0.480 e. The van der Waals surface area contributed by atoms with E-state index in [1.807, 2.05) is 0 Å². The van der Waals surface area contributed by atoms with Gasteiger partial charge in [-0.1, -0.05) is 50.0 Å². The van der Waals surface area contributed by atoms with Gasteiger partial charge in [0, 0.05) is 6.04 Å². The van der Waals surface area contributed by atoms with Gasteiger partial charge in [-0.25, -0.2) is 9.59 Å². The van der Waals surface area contributed by atoms with Gasteiger partial charge < -0.3 is 21.1 Å². The van der Waals surface area contributed by atoms with Crippen molar-refractivity contribution in [2.45, 2.75) is 52.1 Å².